The highest BCUT2D eigenvalue weighted by Gasteiger charge is 2.40. The number of carboxylic acids is 1. The molecule has 1 aliphatic carbocycles. The molecule has 0 aromatic heterocycles. The van der Waals surface area contributed by atoms with Crippen LogP contribution in [0.3, 0.4) is 0 Å². The number of hydrogen-bond donors (Lipinski definition) is 1. The lowest BCUT2D eigenvalue weighted by molar-refractivity contribution is -0.162. The van der Waals surface area contributed by atoms with Crippen molar-refractivity contribution in [3.8, 4) is 0 Å². The fourth-order valence-electron chi connectivity index (χ4n) is 2.30. The van der Waals surface area contributed by atoms with E-state index in [9.17, 15) is 9.59 Å². The Morgan fingerprint density at radius 1 is 1.36 bits per heavy atom. The molecule has 2 rings (SSSR count). The van der Waals surface area contributed by atoms with Crippen molar-refractivity contribution in [2.75, 3.05) is 13.2 Å². The number of ether oxygens (including phenoxy) is 1. The Morgan fingerprint density at radius 2 is 2.14 bits per heavy atom. The molecule has 1 saturated heterocycles. The van der Waals surface area contributed by atoms with Gasteiger partial charge in [0.1, 0.15) is 0 Å². The lowest BCUT2D eigenvalue weighted by Gasteiger charge is -2.36. The molecule has 1 aliphatic heterocycles. The van der Waals surface area contributed by atoms with Crippen molar-refractivity contribution in [1.82, 2.24) is 4.90 Å². The molecule has 5 heteroatoms. The number of carbonyl (C=O) groups is 2. The summed E-state index contributed by atoms with van der Waals surface area (Å²) in [6.07, 6.45) is 2.88. The summed E-state index contributed by atoms with van der Waals surface area (Å²) in [7, 11) is 0. The summed E-state index contributed by atoms with van der Waals surface area (Å²) >= 11 is 0. The molecule has 14 heavy (non-hydrogen) atoms. The molecule has 0 radical (unpaired) electrons. The number of aliphatic carboxylic acids is 1. The molecule has 1 saturated carbocycles. The summed E-state index contributed by atoms with van der Waals surface area (Å²) in [4.78, 5) is 23.3. The van der Waals surface area contributed by atoms with Gasteiger partial charge in [-0.25, -0.2) is 4.79 Å². The molecule has 2 unspecified atom stereocenters. The number of carboxylic acid groups (broad SMARTS) is 1. The van der Waals surface area contributed by atoms with Crippen molar-refractivity contribution in [3.63, 3.8) is 0 Å². The first-order valence-corrected chi connectivity index (χ1v) is 4.85. The minimum Gasteiger partial charge on any atom is -0.474 e. The van der Waals surface area contributed by atoms with E-state index in [0.717, 1.165) is 19.3 Å². The second-order valence-electron chi connectivity index (χ2n) is 3.71. The molecule has 78 valence electrons. The van der Waals surface area contributed by atoms with Gasteiger partial charge in [-0.2, -0.15) is 0 Å². The monoisotopic (exact) mass is 199 g/mol. The van der Waals surface area contributed by atoms with Crippen LogP contribution >= 0.6 is 0 Å². The topological polar surface area (TPSA) is 66.8 Å². The molecule has 0 spiro atoms. The highest BCUT2D eigenvalue weighted by molar-refractivity contribution is 6.31. The van der Waals surface area contributed by atoms with Crippen molar-refractivity contribution < 1.29 is 19.4 Å². The van der Waals surface area contributed by atoms with Crippen LogP contribution in [-0.2, 0) is 14.3 Å². The van der Waals surface area contributed by atoms with E-state index in [4.69, 9.17) is 9.84 Å². The fourth-order valence-corrected chi connectivity index (χ4v) is 2.30. The molecular weight excluding hydrogens is 186 g/mol. The Bertz CT molecular complexity index is 266. The van der Waals surface area contributed by atoms with Crippen LogP contribution in [0, 0.1) is 0 Å². The van der Waals surface area contributed by atoms with Gasteiger partial charge in [-0.05, 0) is 19.3 Å². The molecule has 0 aromatic rings. The minimum atomic E-state index is -1.36. The highest BCUT2D eigenvalue weighted by atomic mass is 16.5. The van der Waals surface area contributed by atoms with Crippen LogP contribution in [-0.4, -0.2) is 47.2 Å². The first-order chi connectivity index (χ1) is 6.70. The first-order valence-electron chi connectivity index (χ1n) is 4.85. The molecule has 2 atom stereocenters. The lowest BCUT2D eigenvalue weighted by Crippen LogP contribution is -2.53. The standard InChI is InChI=1S/C9H13NO4/c11-8(9(12)13)10-4-5-14-7-3-1-2-6(7)10/h6-7H,1-5H2,(H,12,13). The molecule has 1 amide bonds. The fraction of sp³-hybridized carbons (Fsp3) is 0.778. The van der Waals surface area contributed by atoms with Gasteiger partial charge in [-0.3, -0.25) is 4.79 Å². The third kappa shape index (κ3) is 1.48. The zero-order valence-corrected chi connectivity index (χ0v) is 7.81. The van der Waals surface area contributed by atoms with Gasteiger partial charge >= 0.3 is 11.9 Å². The summed E-state index contributed by atoms with van der Waals surface area (Å²) in [6, 6.07) is -0.00708. The SMILES string of the molecule is O=C(O)C(=O)N1CCOC2CCCC21. The number of fused-ring (bicyclic) bond motifs is 1. The first kappa shape index (κ1) is 9.45. The van der Waals surface area contributed by atoms with E-state index in [0.29, 0.717) is 13.2 Å². The van der Waals surface area contributed by atoms with Gasteiger partial charge in [0.05, 0.1) is 18.8 Å². The van der Waals surface area contributed by atoms with Gasteiger partial charge in [0.15, 0.2) is 0 Å². The molecular formula is C9H13NO4. The van der Waals surface area contributed by atoms with Gasteiger partial charge in [0.2, 0.25) is 0 Å². The molecule has 5 nitrogen and oxygen atoms in total. The molecule has 2 fully saturated rings. The molecule has 2 aliphatic rings. The number of hydrogen-bond acceptors (Lipinski definition) is 3. The third-order valence-electron chi connectivity index (χ3n) is 2.93. The Labute approximate surface area is 81.6 Å². The Morgan fingerprint density at radius 3 is 2.86 bits per heavy atom. The van der Waals surface area contributed by atoms with E-state index in [2.05, 4.69) is 0 Å². The van der Waals surface area contributed by atoms with Gasteiger partial charge in [-0.15, -0.1) is 0 Å². The van der Waals surface area contributed by atoms with Crippen molar-refractivity contribution in [2.45, 2.75) is 31.4 Å². The van der Waals surface area contributed by atoms with Crippen molar-refractivity contribution >= 4 is 11.9 Å². The second kappa shape index (κ2) is 3.57. The Hall–Kier alpha value is -1.10. The normalized spacial score (nSPS) is 31.3. The van der Waals surface area contributed by atoms with Crippen molar-refractivity contribution in [2.24, 2.45) is 0 Å². The van der Waals surface area contributed by atoms with E-state index in [1.165, 1.54) is 4.90 Å². The van der Waals surface area contributed by atoms with Gasteiger partial charge in [0, 0.05) is 6.54 Å². The lowest BCUT2D eigenvalue weighted by atomic mass is 10.1. The maximum atomic E-state index is 11.3. The molecule has 0 bridgehead atoms. The molecule has 0 aromatic carbocycles. The van der Waals surface area contributed by atoms with E-state index < -0.39 is 11.9 Å². The van der Waals surface area contributed by atoms with E-state index in [1.54, 1.807) is 0 Å². The number of morpholine rings is 1. The number of nitrogens with zero attached hydrogens (tertiary/aromatic N) is 1. The smallest absolute Gasteiger partial charge is 0.394 e. The number of carbonyl (C=O) groups excluding carboxylic acids is 1. The highest BCUT2D eigenvalue weighted by Crippen LogP contribution is 2.29. The minimum absolute atomic E-state index is 0.00708. The van der Waals surface area contributed by atoms with Crippen LogP contribution in [0.1, 0.15) is 19.3 Å². The van der Waals surface area contributed by atoms with Gasteiger partial charge < -0.3 is 14.7 Å². The third-order valence-corrected chi connectivity index (χ3v) is 2.93. The van der Waals surface area contributed by atoms with Crippen LogP contribution in [0.2, 0.25) is 0 Å². The van der Waals surface area contributed by atoms with Crippen LogP contribution in [0.25, 0.3) is 0 Å². The summed E-state index contributed by atoms with van der Waals surface area (Å²) in [6.45, 7) is 0.868. The van der Waals surface area contributed by atoms with Gasteiger partial charge in [0.25, 0.3) is 0 Å². The Kier molecular flexibility index (Phi) is 2.41. The average molecular weight is 199 g/mol. The van der Waals surface area contributed by atoms with Crippen LogP contribution < -0.4 is 0 Å². The molecule has 1 N–H and O–H groups in total. The van der Waals surface area contributed by atoms with E-state index >= 15 is 0 Å². The van der Waals surface area contributed by atoms with Crippen molar-refractivity contribution in [3.05, 3.63) is 0 Å². The summed E-state index contributed by atoms with van der Waals surface area (Å²) < 4.78 is 5.48. The predicted octanol–water partition coefficient (Wildman–Crippen LogP) is -0.149. The average Bonchev–Trinajstić information content (AvgIpc) is 2.63. The largest absolute Gasteiger partial charge is 0.474 e. The van der Waals surface area contributed by atoms with Gasteiger partial charge in [-0.1, -0.05) is 0 Å². The zero-order chi connectivity index (χ0) is 10.1. The second-order valence-corrected chi connectivity index (χ2v) is 3.71. The van der Waals surface area contributed by atoms with Crippen LogP contribution in [0.4, 0.5) is 0 Å². The summed E-state index contributed by atoms with van der Waals surface area (Å²) in [5, 5.41) is 8.62. The van der Waals surface area contributed by atoms with E-state index in [1.807, 2.05) is 0 Å². The van der Waals surface area contributed by atoms with Crippen molar-refractivity contribution in [1.29, 1.82) is 0 Å². The molecule has 1 heterocycles. The maximum Gasteiger partial charge on any atom is 0.394 e. The quantitative estimate of drug-likeness (QED) is 0.551. The number of amides is 1. The van der Waals surface area contributed by atoms with Crippen LogP contribution in [0.5, 0.6) is 0 Å². The predicted molar refractivity (Wildman–Crippen MR) is 46.7 cm³/mol. The maximum absolute atomic E-state index is 11.3. The zero-order valence-electron chi connectivity index (χ0n) is 7.81. The van der Waals surface area contributed by atoms with E-state index in [-0.39, 0.29) is 12.1 Å². The summed E-state index contributed by atoms with van der Waals surface area (Å²) in [5.41, 5.74) is 0. The number of rotatable bonds is 0. The van der Waals surface area contributed by atoms with Crippen LogP contribution in [0.15, 0.2) is 0 Å². The summed E-state index contributed by atoms with van der Waals surface area (Å²) in [5.74, 6) is -2.15. The Balaban J connectivity index is 2.10.